The van der Waals surface area contributed by atoms with E-state index < -0.39 is 0 Å². The second-order valence-electron chi connectivity index (χ2n) is 2.24. The van der Waals surface area contributed by atoms with Gasteiger partial charge in [-0.3, -0.25) is 4.79 Å². The van der Waals surface area contributed by atoms with Gasteiger partial charge < -0.3 is 5.32 Å². The van der Waals surface area contributed by atoms with Gasteiger partial charge in [-0.15, -0.1) is 0 Å². The average molecular weight is 165 g/mol. The maximum atomic E-state index is 11.3. The van der Waals surface area contributed by atoms with E-state index in [9.17, 15) is 4.79 Å². The Morgan fingerprint density at radius 3 is 3.17 bits per heavy atom. The molecule has 1 aromatic heterocycles. The molecule has 4 heteroatoms. The first-order valence-electron chi connectivity index (χ1n) is 3.72. The number of hydrogen-bond donors (Lipinski definition) is 1. The van der Waals surface area contributed by atoms with Crippen LogP contribution in [0.15, 0.2) is 23.4 Å². The fourth-order valence-electron chi connectivity index (χ4n) is 0.927. The molecule has 0 saturated heterocycles. The van der Waals surface area contributed by atoms with Crippen LogP contribution in [0.1, 0.15) is 17.4 Å². The second kappa shape index (κ2) is 3.71. The van der Waals surface area contributed by atoms with E-state index in [1.165, 1.54) is 4.68 Å². The van der Waals surface area contributed by atoms with Gasteiger partial charge >= 0.3 is 0 Å². The topological polar surface area (TPSA) is 46.4 Å². The van der Waals surface area contributed by atoms with E-state index in [-0.39, 0.29) is 5.91 Å². The summed E-state index contributed by atoms with van der Waals surface area (Å²) in [6.45, 7) is 5.82. The molecule has 12 heavy (non-hydrogen) atoms. The molecule has 4 nitrogen and oxygen atoms in total. The van der Waals surface area contributed by atoms with E-state index >= 15 is 0 Å². The van der Waals surface area contributed by atoms with E-state index in [0.717, 1.165) is 0 Å². The van der Waals surface area contributed by atoms with Gasteiger partial charge in [0.2, 0.25) is 0 Å². The van der Waals surface area contributed by atoms with Crippen molar-refractivity contribution in [1.29, 1.82) is 0 Å². The molecule has 0 atom stereocenters. The summed E-state index contributed by atoms with van der Waals surface area (Å²) >= 11 is 0. The zero-order valence-electron chi connectivity index (χ0n) is 6.95. The highest BCUT2D eigenvalue weighted by Crippen LogP contribution is 2.00. The molecule has 1 aromatic rings. The molecule has 1 N–H and O–H groups in total. The average Bonchev–Trinajstić information content (AvgIpc) is 2.51. The summed E-state index contributed by atoms with van der Waals surface area (Å²) in [5.74, 6) is -0.130. The normalized spacial score (nSPS) is 9.42. The van der Waals surface area contributed by atoms with Gasteiger partial charge in [0, 0.05) is 19.5 Å². The number of aromatic nitrogens is 1. The van der Waals surface area contributed by atoms with Crippen molar-refractivity contribution in [3.8, 4) is 0 Å². The molecular weight excluding hydrogens is 154 g/mol. The molecule has 0 aliphatic carbocycles. The van der Waals surface area contributed by atoms with Crippen molar-refractivity contribution in [3.63, 3.8) is 0 Å². The van der Waals surface area contributed by atoms with E-state index in [4.69, 9.17) is 0 Å². The third kappa shape index (κ3) is 1.53. The molecule has 0 saturated carbocycles. The van der Waals surface area contributed by atoms with Crippen molar-refractivity contribution in [2.75, 3.05) is 6.54 Å². The van der Waals surface area contributed by atoms with Crippen molar-refractivity contribution in [2.24, 2.45) is 5.10 Å². The van der Waals surface area contributed by atoms with E-state index in [2.05, 4.69) is 17.1 Å². The Morgan fingerprint density at radius 2 is 2.58 bits per heavy atom. The van der Waals surface area contributed by atoms with Crippen LogP contribution in [0.3, 0.4) is 0 Å². The molecule has 1 amide bonds. The lowest BCUT2D eigenvalue weighted by atomic mass is 10.4. The minimum Gasteiger partial charge on any atom is -0.351 e. The van der Waals surface area contributed by atoms with Gasteiger partial charge in [0.05, 0.1) is 0 Å². The van der Waals surface area contributed by atoms with Crippen LogP contribution in [-0.4, -0.2) is 23.8 Å². The first-order chi connectivity index (χ1) is 5.79. The molecule has 0 aliphatic heterocycles. The smallest absolute Gasteiger partial charge is 0.269 e. The number of nitrogens with zero attached hydrogens (tertiary/aromatic N) is 2. The molecular formula is C8H11N3O. The van der Waals surface area contributed by atoms with Crippen molar-refractivity contribution in [1.82, 2.24) is 9.99 Å². The van der Waals surface area contributed by atoms with Crippen molar-refractivity contribution in [3.05, 3.63) is 24.0 Å². The number of carbonyl (C=O) groups is 1. The summed E-state index contributed by atoms with van der Waals surface area (Å²) in [7, 11) is 0. The maximum Gasteiger partial charge on any atom is 0.269 e. The highest BCUT2D eigenvalue weighted by molar-refractivity contribution is 5.92. The summed E-state index contributed by atoms with van der Waals surface area (Å²) in [5.41, 5.74) is 0.506. The van der Waals surface area contributed by atoms with Gasteiger partial charge in [0.25, 0.3) is 5.91 Å². The van der Waals surface area contributed by atoms with Crippen molar-refractivity contribution < 1.29 is 4.79 Å². The molecule has 0 aromatic carbocycles. The molecule has 0 radical (unpaired) electrons. The molecule has 1 rings (SSSR count). The van der Waals surface area contributed by atoms with E-state index in [0.29, 0.717) is 12.2 Å². The monoisotopic (exact) mass is 165 g/mol. The molecule has 0 fully saturated rings. The largest absolute Gasteiger partial charge is 0.351 e. The lowest BCUT2D eigenvalue weighted by Gasteiger charge is -2.01. The Balaban J connectivity index is 2.86. The van der Waals surface area contributed by atoms with Crippen LogP contribution in [0.25, 0.3) is 0 Å². The zero-order chi connectivity index (χ0) is 8.97. The van der Waals surface area contributed by atoms with Gasteiger partial charge in [-0.05, 0) is 19.1 Å². The number of nitrogens with one attached hydrogen (secondary N) is 1. The molecule has 0 aliphatic rings. The highest BCUT2D eigenvalue weighted by atomic mass is 16.2. The summed E-state index contributed by atoms with van der Waals surface area (Å²) in [5, 5.41) is 6.31. The number of amides is 1. The SMILES string of the molecule is C=Nn1cccc1C(=O)NCC. The predicted octanol–water partition coefficient (Wildman–Crippen LogP) is 0.702. The maximum absolute atomic E-state index is 11.3. The Kier molecular flexibility index (Phi) is 2.63. The fourth-order valence-corrected chi connectivity index (χ4v) is 0.927. The highest BCUT2D eigenvalue weighted by Gasteiger charge is 2.07. The third-order valence-electron chi connectivity index (χ3n) is 1.45. The molecule has 1 heterocycles. The fraction of sp³-hybridized carbons (Fsp3) is 0.250. The Hall–Kier alpha value is -1.58. The van der Waals surface area contributed by atoms with Crippen LogP contribution in [0, 0.1) is 0 Å². The number of hydrogen-bond acceptors (Lipinski definition) is 2. The van der Waals surface area contributed by atoms with Gasteiger partial charge in [0.1, 0.15) is 5.69 Å². The van der Waals surface area contributed by atoms with E-state index in [1.54, 1.807) is 18.3 Å². The Bertz CT molecular complexity index is 290. The first-order valence-corrected chi connectivity index (χ1v) is 3.72. The summed E-state index contributed by atoms with van der Waals surface area (Å²) in [6, 6.07) is 3.44. The minimum absolute atomic E-state index is 0.130. The van der Waals surface area contributed by atoms with Gasteiger partial charge in [-0.2, -0.15) is 5.10 Å². The third-order valence-corrected chi connectivity index (χ3v) is 1.45. The van der Waals surface area contributed by atoms with Crippen LogP contribution in [0.4, 0.5) is 0 Å². The van der Waals surface area contributed by atoms with Crippen LogP contribution in [-0.2, 0) is 0 Å². The Morgan fingerprint density at radius 1 is 1.83 bits per heavy atom. The van der Waals surface area contributed by atoms with Crippen LogP contribution in [0.2, 0.25) is 0 Å². The van der Waals surface area contributed by atoms with E-state index in [1.807, 2.05) is 6.92 Å². The molecule has 0 bridgehead atoms. The predicted molar refractivity (Wildman–Crippen MR) is 47.4 cm³/mol. The van der Waals surface area contributed by atoms with Gasteiger partial charge in [-0.1, -0.05) is 0 Å². The number of carbonyl (C=O) groups excluding carboxylic acids is 1. The quantitative estimate of drug-likeness (QED) is 0.658. The second-order valence-corrected chi connectivity index (χ2v) is 2.24. The molecule has 0 unspecified atom stereocenters. The summed E-state index contributed by atoms with van der Waals surface area (Å²) < 4.78 is 1.44. The summed E-state index contributed by atoms with van der Waals surface area (Å²) in [6.07, 6.45) is 1.68. The molecule has 0 spiro atoms. The van der Waals surface area contributed by atoms with Gasteiger partial charge in [-0.25, -0.2) is 4.68 Å². The lowest BCUT2D eigenvalue weighted by Crippen LogP contribution is -2.24. The van der Waals surface area contributed by atoms with Gasteiger partial charge in [0.15, 0.2) is 0 Å². The van der Waals surface area contributed by atoms with Crippen molar-refractivity contribution >= 4 is 12.6 Å². The van der Waals surface area contributed by atoms with Crippen LogP contribution < -0.4 is 5.32 Å². The molecule has 64 valence electrons. The van der Waals surface area contributed by atoms with Crippen molar-refractivity contribution in [2.45, 2.75) is 6.92 Å². The summed E-state index contributed by atoms with van der Waals surface area (Å²) in [4.78, 5) is 11.3. The first kappa shape index (κ1) is 8.52. The van der Waals surface area contributed by atoms with Crippen LogP contribution >= 0.6 is 0 Å². The minimum atomic E-state index is -0.130. The Labute approximate surface area is 70.9 Å². The zero-order valence-corrected chi connectivity index (χ0v) is 6.95. The lowest BCUT2D eigenvalue weighted by molar-refractivity contribution is 0.0947. The standard InChI is InChI=1S/C8H11N3O/c1-3-10-8(12)7-5-4-6-11(7)9-2/h4-6H,2-3H2,1H3,(H,10,12). The number of rotatable bonds is 3. The van der Waals surface area contributed by atoms with Crippen LogP contribution in [0.5, 0.6) is 0 Å².